The SMILES string of the molecule is CCCCCCCCCCCCc1cc2cc3ccc4c5cc6c(ccn6C)cc5ccc4c3cc2n1C. The average Bonchev–Trinajstić information content (AvgIpc) is 3.45. The molecule has 0 amide bonds. The third-order valence-electron chi connectivity index (χ3n) is 8.89. The van der Waals surface area contributed by atoms with Crippen molar-refractivity contribution in [2.45, 2.75) is 77.6 Å². The van der Waals surface area contributed by atoms with E-state index in [1.54, 1.807) is 0 Å². The summed E-state index contributed by atoms with van der Waals surface area (Å²) in [5.74, 6) is 0. The molecule has 0 aliphatic heterocycles. The molecule has 38 heavy (non-hydrogen) atoms. The van der Waals surface area contributed by atoms with Crippen LogP contribution in [0.4, 0.5) is 0 Å². The van der Waals surface area contributed by atoms with Crippen LogP contribution in [0.25, 0.3) is 54.1 Å². The van der Waals surface area contributed by atoms with Gasteiger partial charge in [0.05, 0.1) is 0 Å². The molecule has 4 aromatic carbocycles. The molecule has 2 nitrogen and oxygen atoms in total. The van der Waals surface area contributed by atoms with Gasteiger partial charge >= 0.3 is 0 Å². The summed E-state index contributed by atoms with van der Waals surface area (Å²) in [4.78, 5) is 0. The number of benzene rings is 4. The van der Waals surface area contributed by atoms with E-state index in [0.717, 1.165) is 0 Å². The van der Waals surface area contributed by atoms with E-state index >= 15 is 0 Å². The number of nitrogens with zero attached hydrogens (tertiary/aromatic N) is 2. The van der Waals surface area contributed by atoms with Gasteiger partial charge in [0.25, 0.3) is 0 Å². The van der Waals surface area contributed by atoms with E-state index in [2.05, 4.69) is 97.0 Å². The number of aromatic nitrogens is 2. The molecule has 0 unspecified atom stereocenters. The molecule has 0 bridgehead atoms. The molecule has 0 radical (unpaired) electrons. The van der Waals surface area contributed by atoms with E-state index in [9.17, 15) is 0 Å². The van der Waals surface area contributed by atoms with Crippen LogP contribution >= 0.6 is 0 Å². The molecule has 196 valence electrons. The van der Waals surface area contributed by atoms with Gasteiger partial charge in [-0.1, -0.05) is 89.0 Å². The molecular formula is C36H42N2. The highest BCUT2D eigenvalue weighted by Gasteiger charge is 2.11. The number of aryl methyl sites for hydroxylation is 3. The van der Waals surface area contributed by atoms with Crippen molar-refractivity contribution in [3.05, 3.63) is 72.6 Å². The highest BCUT2D eigenvalue weighted by molar-refractivity contribution is 6.20. The first-order chi connectivity index (χ1) is 18.6. The Labute approximate surface area is 227 Å². The van der Waals surface area contributed by atoms with Crippen LogP contribution in [-0.4, -0.2) is 9.13 Å². The Morgan fingerprint density at radius 2 is 1.08 bits per heavy atom. The fourth-order valence-corrected chi connectivity index (χ4v) is 6.56. The monoisotopic (exact) mass is 502 g/mol. The van der Waals surface area contributed by atoms with Crippen molar-refractivity contribution >= 4 is 54.1 Å². The van der Waals surface area contributed by atoms with Gasteiger partial charge in [-0.15, -0.1) is 0 Å². The number of fused-ring (bicyclic) bond motifs is 7. The van der Waals surface area contributed by atoms with Crippen molar-refractivity contribution in [3.8, 4) is 0 Å². The van der Waals surface area contributed by atoms with Crippen molar-refractivity contribution in [2.75, 3.05) is 0 Å². The van der Waals surface area contributed by atoms with Gasteiger partial charge in [0.1, 0.15) is 0 Å². The lowest BCUT2D eigenvalue weighted by molar-refractivity contribution is 0.554. The zero-order valence-electron chi connectivity index (χ0n) is 23.5. The van der Waals surface area contributed by atoms with Gasteiger partial charge in [-0.25, -0.2) is 0 Å². The van der Waals surface area contributed by atoms with Crippen molar-refractivity contribution in [1.82, 2.24) is 9.13 Å². The normalized spacial score (nSPS) is 12.2. The van der Waals surface area contributed by atoms with Gasteiger partial charge in [0.2, 0.25) is 0 Å². The fraction of sp³-hybridized carbons (Fsp3) is 0.389. The minimum Gasteiger partial charge on any atom is -0.351 e. The summed E-state index contributed by atoms with van der Waals surface area (Å²) < 4.78 is 4.66. The Morgan fingerprint density at radius 1 is 0.500 bits per heavy atom. The lowest BCUT2D eigenvalue weighted by Crippen LogP contribution is -1.96. The zero-order valence-corrected chi connectivity index (χ0v) is 23.5. The first-order valence-corrected chi connectivity index (χ1v) is 15.0. The Kier molecular flexibility index (Phi) is 7.15. The van der Waals surface area contributed by atoms with Crippen LogP contribution < -0.4 is 0 Å². The molecule has 2 aromatic heterocycles. The molecule has 0 N–H and O–H groups in total. The molecule has 0 fully saturated rings. The summed E-state index contributed by atoms with van der Waals surface area (Å²) in [7, 11) is 4.39. The molecule has 0 spiro atoms. The van der Waals surface area contributed by atoms with Crippen LogP contribution in [0.2, 0.25) is 0 Å². The van der Waals surface area contributed by atoms with Crippen LogP contribution in [0.1, 0.15) is 76.8 Å². The van der Waals surface area contributed by atoms with Crippen molar-refractivity contribution in [2.24, 2.45) is 14.1 Å². The van der Waals surface area contributed by atoms with Gasteiger partial charge in [-0.05, 0) is 81.6 Å². The Bertz CT molecular complexity index is 1730. The van der Waals surface area contributed by atoms with Gasteiger partial charge in [-0.2, -0.15) is 0 Å². The summed E-state index contributed by atoms with van der Waals surface area (Å²) >= 11 is 0. The maximum Gasteiger partial charge on any atom is 0.0486 e. The third-order valence-corrected chi connectivity index (χ3v) is 8.89. The van der Waals surface area contributed by atoms with Crippen LogP contribution in [-0.2, 0) is 20.5 Å². The maximum absolute atomic E-state index is 2.44. The van der Waals surface area contributed by atoms with Gasteiger partial charge in [-0.3, -0.25) is 0 Å². The smallest absolute Gasteiger partial charge is 0.0486 e. The molecule has 0 saturated carbocycles. The molecule has 2 heterocycles. The topological polar surface area (TPSA) is 9.86 Å². The van der Waals surface area contributed by atoms with E-state index in [0.29, 0.717) is 0 Å². The molecule has 0 saturated heterocycles. The minimum atomic E-state index is 1.18. The summed E-state index contributed by atoms with van der Waals surface area (Å²) in [5, 5.41) is 10.7. The second-order valence-corrected chi connectivity index (χ2v) is 11.5. The highest BCUT2D eigenvalue weighted by atomic mass is 14.9. The standard InChI is InChI=1S/C36H42N2/c1-4-5-6-7-8-9-10-11-12-13-14-30-23-29-22-27-16-18-31-32(34(27)25-36(29)38(30)3)17-15-26-21-28-19-20-37(2)35(28)24-33(26)31/h15-25H,4-14H2,1-3H3. The maximum atomic E-state index is 2.44. The third kappa shape index (κ3) is 4.70. The Morgan fingerprint density at radius 3 is 1.74 bits per heavy atom. The van der Waals surface area contributed by atoms with Gasteiger partial charge in [0, 0.05) is 47.8 Å². The lowest BCUT2D eigenvalue weighted by atomic mass is 9.95. The van der Waals surface area contributed by atoms with E-state index in [1.165, 1.54) is 130 Å². The Hall–Kier alpha value is -3.26. The molecule has 0 aliphatic rings. The number of hydrogen-bond acceptors (Lipinski definition) is 0. The van der Waals surface area contributed by atoms with Crippen molar-refractivity contribution in [3.63, 3.8) is 0 Å². The van der Waals surface area contributed by atoms with Crippen LogP contribution in [0.3, 0.4) is 0 Å². The number of unbranched alkanes of at least 4 members (excludes halogenated alkanes) is 9. The molecule has 6 aromatic rings. The van der Waals surface area contributed by atoms with Gasteiger partial charge in [0.15, 0.2) is 0 Å². The predicted octanol–water partition coefficient (Wildman–Crippen LogP) is 10.6. The first kappa shape index (κ1) is 25.0. The number of rotatable bonds is 11. The fourth-order valence-electron chi connectivity index (χ4n) is 6.56. The lowest BCUT2D eigenvalue weighted by Gasteiger charge is -2.10. The summed E-state index contributed by atoms with van der Waals surface area (Å²) in [6.45, 7) is 2.29. The second-order valence-electron chi connectivity index (χ2n) is 11.5. The van der Waals surface area contributed by atoms with Gasteiger partial charge < -0.3 is 9.13 Å². The van der Waals surface area contributed by atoms with E-state index in [4.69, 9.17) is 0 Å². The molecule has 2 heteroatoms. The van der Waals surface area contributed by atoms with Crippen molar-refractivity contribution in [1.29, 1.82) is 0 Å². The number of hydrogen-bond donors (Lipinski definition) is 0. The largest absolute Gasteiger partial charge is 0.351 e. The molecule has 0 aliphatic carbocycles. The van der Waals surface area contributed by atoms with Crippen molar-refractivity contribution < 1.29 is 0 Å². The summed E-state index contributed by atoms with van der Waals surface area (Å²) in [6, 6.07) is 23.4. The minimum absolute atomic E-state index is 1.18. The summed E-state index contributed by atoms with van der Waals surface area (Å²) in [6.07, 6.45) is 17.2. The van der Waals surface area contributed by atoms with E-state index < -0.39 is 0 Å². The molecular weight excluding hydrogens is 460 g/mol. The highest BCUT2D eigenvalue weighted by Crippen LogP contribution is 2.36. The van der Waals surface area contributed by atoms with E-state index in [1.807, 2.05) is 0 Å². The quantitative estimate of drug-likeness (QED) is 0.123. The summed E-state index contributed by atoms with van der Waals surface area (Å²) in [5.41, 5.74) is 4.11. The average molecular weight is 503 g/mol. The Balaban J connectivity index is 1.22. The first-order valence-electron chi connectivity index (χ1n) is 15.0. The van der Waals surface area contributed by atoms with Crippen LogP contribution in [0.15, 0.2) is 66.9 Å². The predicted molar refractivity (Wildman–Crippen MR) is 167 cm³/mol. The van der Waals surface area contributed by atoms with E-state index in [-0.39, 0.29) is 0 Å². The van der Waals surface area contributed by atoms with Crippen LogP contribution in [0.5, 0.6) is 0 Å². The second kappa shape index (κ2) is 10.8. The molecule has 6 rings (SSSR count). The molecule has 0 atom stereocenters. The van der Waals surface area contributed by atoms with Crippen LogP contribution in [0, 0.1) is 0 Å². The zero-order chi connectivity index (χ0) is 26.1.